The average Bonchev–Trinajstić information content (AvgIpc) is 2.70. The van der Waals surface area contributed by atoms with Gasteiger partial charge in [-0.2, -0.15) is 0 Å². The van der Waals surface area contributed by atoms with Crippen LogP contribution >= 0.6 is 11.6 Å². The zero-order valence-corrected chi connectivity index (χ0v) is 16.7. The molecule has 2 aromatic carbocycles. The predicted molar refractivity (Wildman–Crippen MR) is 111 cm³/mol. The molecule has 8 heteroatoms. The lowest BCUT2D eigenvalue weighted by atomic mass is 9.83. The van der Waals surface area contributed by atoms with E-state index >= 15 is 0 Å². The van der Waals surface area contributed by atoms with Gasteiger partial charge in [0.05, 0.1) is 18.5 Å². The molecule has 7 nitrogen and oxygen atoms in total. The number of carboxylic acids is 1. The molecular formula is C21H22ClN3O4. The summed E-state index contributed by atoms with van der Waals surface area (Å²) in [4.78, 5) is 26.8. The highest BCUT2D eigenvalue weighted by Gasteiger charge is 2.46. The molecule has 0 aliphatic carbocycles. The van der Waals surface area contributed by atoms with E-state index in [1.807, 2.05) is 29.2 Å². The van der Waals surface area contributed by atoms with E-state index in [-0.39, 0.29) is 5.91 Å². The lowest BCUT2D eigenvalue weighted by Gasteiger charge is -2.45. The van der Waals surface area contributed by atoms with Crippen molar-refractivity contribution >= 4 is 34.9 Å². The summed E-state index contributed by atoms with van der Waals surface area (Å²) >= 11 is 6.12. The van der Waals surface area contributed by atoms with Gasteiger partial charge in [-0.3, -0.25) is 14.5 Å². The number of benzene rings is 2. The number of para-hydroxylation sites is 2. The Balaban J connectivity index is 1.58. The number of halogens is 1. The Hall–Kier alpha value is -2.77. The van der Waals surface area contributed by atoms with Crippen molar-refractivity contribution in [2.75, 3.05) is 30.8 Å². The topological polar surface area (TPSA) is 90.9 Å². The van der Waals surface area contributed by atoms with Crippen LogP contribution in [-0.2, 0) is 9.59 Å². The first-order chi connectivity index (χ1) is 13.9. The van der Waals surface area contributed by atoms with Crippen LogP contribution in [0.25, 0.3) is 0 Å². The number of nitrogens with zero attached hydrogens (tertiary/aromatic N) is 1. The summed E-state index contributed by atoms with van der Waals surface area (Å²) in [5.41, 5.74) is 1.41. The second-order valence-corrected chi connectivity index (χ2v) is 7.81. The van der Waals surface area contributed by atoms with E-state index in [0.717, 1.165) is 11.4 Å². The van der Waals surface area contributed by atoms with E-state index in [4.69, 9.17) is 16.3 Å². The van der Waals surface area contributed by atoms with Crippen LogP contribution in [0.2, 0.25) is 5.02 Å². The number of carbonyl (C=O) groups is 2. The maximum Gasteiger partial charge on any atom is 0.325 e. The van der Waals surface area contributed by atoms with Crippen LogP contribution in [0.15, 0.2) is 42.5 Å². The van der Waals surface area contributed by atoms with E-state index in [0.29, 0.717) is 42.3 Å². The van der Waals surface area contributed by atoms with Crippen molar-refractivity contribution in [1.29, 1.82) is 0 Å². The van der Waals surface area contributed by atoms with Crippen LogP contribution in [0.3, 0.4) is 0 Å². The maximum absolute atomic E-state index is 12.8. The van der Waals surface area contributed by atoms with Crippen molar-refractivity contribution in [2.45, 2.75) is 24.4 Å². The van der Waals surface area contributed by atoms with Crippen molar-refractivity contribution in [3.63, 3.8) is 0 Å². The van der Waals surface area contributed by atoms with Crippen molar-refractivity contribution in [3.8, 4) is 5.75 Å². The minimum absolute atomic E-state index is 0.0805. The number of amides is 1. The number of anilines is 2. The molecule has 4 rings (SSSR count). The fourth-order valence-corrected chi connectivity index (χ4v) is 4.36. The molecule has 0 bridgehead atoms. The van der Waals surface area contributed by atoms with Crippen LogP contribution in [-0.4, -0.2) is 47.6 Å². The quantitative estimate of drug-likeness (QED) is 0.709. The molecule has 1 amide bonds. The number of hydrogen-bond acceptors (Lipinski definition) is 5. The summed E-state index contributed by atoms with van der Waals surface area (Å²) in [5.74, 6) is -0.583. The van der Waals surface area contributed by atoms with Crippen LogP contribution in [0, 0.1) is 0 Å². The van der Waals surface area contributed by atoms with E-state index in [9.17, 15) is 14.7 Å². The number of methoxy groups -OCH3 is 1. The molecule has 1 spiro atoms. The zero-order valence-electron chi connectivity index (χ0n) is 15.9. The molecule has 1 fully saturated rings. The normalized spacial score (nSPS) is 19.0. The molecule has 2 heterocycles. The fourth-order valence-electron chi connectivity index (χ4n) is 4.18. The van der Waals surface area contributed by atoms with Gasteiger partial charge in [-0.1, -0.05) is 23.7 Å². The molecule has 1 atom stereocenters. The van der Waals surface area contributed by atoms with E-state index in [2.05, 4.69) is 10.6 Å². The van der Waals surface area contributed by atoms with Gasteiger partial charge in [0.25, 0.3) is 0 Å². The van der Waals surface area contributed by atoms with E-state index in [1.54, 1.807) is 18.2 Å². The highest BCUT2D eigenvalue weighted by atomic mass is 35.5. The highest BCUT2D eigenvalue weighted by Crippen LogP contribution is 2.39. The summed E-state index contributed by atoms with van der Waals surface area (Å²) < 4.78 is 5.36. The summed E-state index contributed by atoms with van der Waals surface area (Å²) in [6, 6.07) is 11.6. The predicted octanol–water partition coefficient (Wildman–Crippen LogP) is 3.37. The Bertz CT molecular complexity index is 957. The lowest BCUT2D eigenvalue weighted by Crippen LogP contribution is -2.59. The van der Waals surface area contributed by atoms with Crippen LogP contribution in [0.4, 0.5) is 11.4 Å². The number of likely N-dealkylation sites (tertiary alicyclic amines) is 1. The largest absolute Gasteiger partial charge is 0.496 e. The molecule has 152 valence electrons. The van der Waals surface area contributed by atoms with Crippen LogP contribution in [0.1, 0.15) is 24.4 Å². The van der Waals surface area contributed by atoms with Crippen molar-refractivity contribution in [1.82, 2.24) is 4.90 Å². The van der Waals surface area contributed by atoms with Gasteiger partial charge in [-0.15, -0.1) is 0 Å². The van der Waals surface area contributed by atoms with Gasteiger partial charge in [0.15, 0.2) is 0 Å². The molecule has 0 aromatic heterocycles. The third-order valence-corrected chi connectivity index (χ3v) is 5.96. The van der Waals surface area contributed by atoms with Gasteiger partial charge in [0.1, 0.15) is 17.3 Å². The minimum atomic E-state index is -0.979. The zero-order chi connectivity index (χ0) is 20.6. The van der Waals surface area contributed by atoms with E-state index < -0.39 is 17.6 Å². The number of piperidine rings is 1. The number of fused-ring (bicyclic) bond motifs is 1. The molecule has 1 saturated heterocycles. The van der Waals surface area contributed by atoms with Gasteiger partial charge < -0.3 is 20.5 Å². The summed E-state index contributed by atoms with van der Waals surface area (Å²) in [5, 5.41) is 16.7. The molecule has 3 N–H and O–H groups in total. The smallest absolute Gasteiger partial charge is 0.325 e. The highest BCUT2D eigenvalue weighted by molar-refractivity contribution is 6.30. The summed E-state index contributed by atoms with van der Waals surface area (Å²) in [6.07, 6.45) is 0.972. The van der Waals surface area contributed by atoms with Crippen LogP contribution in [0.5, 0.6) is 5.75 Å². The molecule has 0 radical (unpaired) electrons. The van der Waals surface area contributed by atoms with Gasteiger partial charge >= 0.3 is 5.97 Å². The Morgan fingerprint density at radius 1 is 1.21 bits per heavy atom. The van der Waals surface area contributed by atoms with Gasteiger partial charge in [0, 0.05) is 23.7 Å². The van der Waals surface area contributed by atoms with E-state index in [1.165, 1.54) is 7.11 Å². The molecule has 2 aliphatic rings. The molecule has 29 heavy (non-hydrogen) atoms. The Kier molecular flexibility index (Phi) is 5.10. The SMILES string of the molecule is COc1ccc(Cl)cc1C(C(=O)O)N1CCC2(CC1)Nc1ccccc1NC2=O. The Morgan fingerprint density at radius 3 is 2.55 bits per heavy atom. The third kappa shape index (κ3) is 3.52. The number of rotatable bonds is 4. The first kappa shape index (κ1) is 19.5. The lowest BCUT2D eigenvalue weighted by molar-refractivity contribution is -0.144. The second-order valence-electron chi connectivity index (χ2n) is 7.37. The number of carboxylic acid groups (broad SMARTS) is 1. The van der Waals surface area contributed by atoms with Crippen molar-refractivity contribution < 1.29 is 19.4 Å². The van der Waals surface area contributed by atoms with Crippen molar-refractivity contribution in [3.05, 3.63) is 53.1 Å². The standard InChI is InChI=1S/C21H22ClN3O4/c1-29-17-7-6-13(22)12-14(17)18(19(26)27)25-10-8-21(9-11-25)20(28)23-15-4-2-3-5-16(15)24-21/h2-7,12,18,24H,8-11H2,1H3,(H,23,28)(H,26,27). The average molecular weight is 416 g/mol. The number of aliphatic carboxylic acids is 1. The first-order valence-electron chi connectivity index (χ1n) is 9.42. The molecule has 2 aromatic rings. The molecular weight excluding hydrogens is 394 g/mol. The number of ether oxygens (including phenoxy) is 1. The molecule has 0 saturated carbocycles. The second kappa shape index (κ2) is 7.57. The minimum Gasteiger partial charge on any atom is -0.496 e. The number of hydrogen-bond donors (Lipinski definition) is 3. The fraction of sp³-hybridized carbons (Fsp3) is 0.333. The monoisotopic (exact) mass is 415 g/mol. The maximum atomic E-state index is 12.8. The Labute approximate surface area is 173 Å². The number of carbonyl (C=O) groups excluding carboxylic acids is 1. The molecule has 2 aliphatic heterocycles. The van der Waals surface area contributed by atoms with Crippen molar-refractivity contribution in [2.24, 2.45) is 0 Å². The summed E-state index contributed by atoms with van der Waals surface area (Å²) in [7, 11) is 1.50. The number of nitrogens with one attached hydrogen (secondary N) is 2. The first-order valence-corrected chi connectivity index (χ1v) is 9.80. The third-order valence-electron chi connectivity index (χ3n) is 5.72. The van der Waals surface area contributed by atoms with Crippen LogP contribution < -0.4 is 15.4 Å². The van der Waals surface area contributed by atoms with Gasteiger partial charge in [-0.25, -0.2) is 0 Å². The summed E-state index contributed by atoms with van der Waals surface area (Å²) in [6.45, 7) is 0.879. The van der Waals surface area contributed by atoms with Gasteiger partial charge in [-0.05, 0) is 43.2 Å². The molecule has 1 unspecified atom stereocenters. The van der Waals surface area contributed by atoms with Gasteiger partial charge in [0.2, 0.25) is 5.91 Å². The Morgan fingerprint density at radius 2 is 1.90 bits per heavy atom.